The Bertz CT molecular complexity index is 755. The lowest BCUT2D eigenvalue weighted by Gasteiger charge is -2.13. The summed E-state index contributed by atoms with van der Waals surface area (Å²) in [4.78, 5) is 15.7. The number of nitrogens with one attached hydrogen (secondary N) is 1. The lowest BCUT2D eigenvalue weighted by atomic mass is 10.2. The molecule has 112 valence electrons. The molecule has 0 radical (unpaired) electrons. The Morgan fingerprint density at radius 3 is 2.64 bits per heavy atom. The van der Waals surface area contributed by atoms with Gasteiger partial charge >= 0.3 is 0 Å². The molecule has 0 saturated carbocycles. The van der Waals surface area contributed by atoms with Crippen molar-refractivity contribution >= 4 is 16.7 Å². The number of pyridine rings is 3. The van der Waals surface area contributed by atoms with Crippen LogP contribution in [0.15, 0.2) is 48.8 Å². The van der Waals surface area contributed by atoms with Gasteiger partial charge in [0, 0.05) is 30.9 Å². The van der Waals surface area contributed by atoms with Crippen molar-refractivity contribution in [3.05, 3.63) is 48.8 Å². The van der Waals surface area contributed by atoms with Crippen molar-refractivity contribution in [2.75, 3.05) is 32.5 Å². The molecule has 3 aromatic heterocycles. The highest BCUT2D eigenvalue weighted by molar-refractivity contribution is 5.91. The quantitative estimate of drug-likeness (QED) is 0.784. The minimum absolute atomic E-state index is 0.829. The van der Waals surface area contributed by atoms with Crippen LogP contribution < -0.4 is 5.32 Å². The van der Waals surface area contributed by atoms with E-state index in [4.69, 9.17) is 4.98 Å². The van der Waals surface area contributed by atoms with E-state index in [-0.39, 0.29) is 0 Å². The van der Waals surface area contributed by atoms with Crippen molar-refractivity contribution in [1.29, 1.82) is 0 Å². The Balaban J connectivity index is 2.01. The first-order valence-corrected chi connectivity index (χ1v) is 7.30. The molecule has 0 fully saturated rings. The first kappa shape index (κ1) is 14.4. The van der Waals surface area contributed by atoms with Gasteiger partial charge in [0.15, 0.2) is 0 Å². The van der Waals surface area contributed by atoms with E-state index in [2.05, 4.69) is 34.3 Å². The van der Waals surface area contributed by atoms with E-state index in [0.717, 1.165) is 41.2 Å². The molecule has 5 nitrogen and oxygen atoms in total. The van der Waals surface area contributed by atoms with Crippen molar-refractivity contribution in [3.8, 4) is 11.4 Å². The van der Waals surface area contributed by atoms with Gasteiger partial charge in [-0.15, -0.1) is 0 Å². The summed E-state index contributed by atoms with van der Waals surface area (Å²) in [5.74, 6) is 0.855. The normalized spacial score (nSPS) is 11.0. The Kier molecular flexibility index (Phi) is 4.25. The number of likely N-dealkylation sites (N-methyl/N-ethyl adjacent to an activating group) is 1. The van der Waals surface area contributed by atoms with Gasteiger partial charge in [-0.05, 0) is 44.4 Å². The van der Waals surface area contributed by atoms with Gasteiger partial charge in [0.2, 0.25) is 0 Å². The van der Waals surface area contributed by atoms with E-state index >= 15 is 0 Å². The van der Waals surface area contributed by atoms with Gasteiger partial charge in [-0.1, -0.05) is 6.07 Å². The summed E-state index contributed by atoms with van der Waals surface area (Å²) >= 11 is 0. The van der Waals surface area contributed by atoms with Crippen LogP contribution in [0, 0.1) is 0 Å². The van der Waals surface area contributed by atoms with E-state index in [0.29, 0.717) is 0 Å². The number of anilines is 1. The first-order chi connectivity index (χ1) is 10.7. The van der Waals surface area contributed by atoms with E-state index in [1.807, 2.05) is 36.4 Å². The molecule has 1 N–H and O–H groups in total. The zero-order chi connectivity index (χ0) is 15.4. The number of hydrogen-bond donors (Lipinski definition) is 1. The van der Waals surface area contributed by atoms with E-state index in [1.54, 1.807) is 12.4 Å². The van der Waals surface area contributed by atoms with E-state index in [1.165, 1.54) is 0 Å². The largest absolute Gasteiger partial charge is 0.368 e. The van der Waals surface area contributed by atoms with Gasteiger partial charge in [-0.3, -0.25) is 9.97 Å². The van der Waals surface area contributed by atoms with Crippen LogP contribution in [0.5, 0.6) is 0 Å². The molecule has 0 spiro atoms. The molecule has 22 heavy (non-hydrogen) atoms. The first-order valence-electron chi connectivity index (χ1n) is 7.30. The number of nitrogens with zero attached hydrogens (tertiary/aromatic N) is 4. The predicted octanol–water partition coefficient (Wildman–Crippen LogP) is 2.67. The molecule has 5 heteroatoms. The van der Waals surface area contributed by atoms with Crippen LogP contribution in [-0.2, 0) is 0 Å². The molecule has 0 atom stereocenters. The fourth-order valence-corrected chi connectivity index (χ4v) is 2.25. The van der Waals surface area contributed by atoms with Crippen molar-refractivity contribution in [3.63, 3.8) is 0 Å². The number of rotatable bonds is 5. The maximum absolute atomic E-state index is 4.74. The molecule has 3 aromatic rings. The SMILES string of the molecule is CN(C)CCNc1nc(-c2ccccn2)cc2ncccc12. The van der Waals surface area contributed by atoms with E-state index < -0.39 is 0 Å². The Morgan fingerprint density at radius 1 is 1.00 bits per heavy atom. The molecule has 3 heterocycles. The minimum Gasteiger partial charge on any atom is -0.368 e. The summed E-state index contributed by atoms with van der Waals surface area (Å²) in [5.41, 5.74) is 2.61. The number of aromatic nitrogens is 3. The average molecular weight is 293 g/mol. The third kappa shape index (κ3) is 3.20. The lowest BCUT2D eigenvalue weighted by Crippen LogP contribution is -2.21. The molecule has 0 unspecified atom stereocenters. The van der Waals surface area contributed by atoms with Crippen molar-refractivity contribution in [2.45, 2.75) is 0 Å². The molecular formula is C17H19N5. The van der Waals surface area contributed by atoms with Crippen molar-refractivity contribution in [2.24, 2.45) is 0 Å². The molecule has 0 bridgehead atoms. The second-order valence-electron chi connectivity index (χ2n) is 5.37. The van der Waals surface area contributed by atoms with Crippen LogP contribution >= 0.6 is 0 Å². The molecule has 0 aromatic carbocycles. The van der Waals surface area contributed by atoms with Crippen molar-refractivity contribution in [1.82, 2.24) is 19.9 Å². The summed E-state index contributed by atoms with van der Waals surface area (Å²) < 4.78 is 0. The summed E-state index contributed by atoms with van der Waals surface area (Å²) in [6, 6.07) is 11.8. The Morgan fingerprint density at radius 2 is 1.86 bits per heavy atom. The topological polar surface area (TPSA) is 53.9 Å². The van der Waals surface area contributed by atoms with Gasteiger partial charge in [-0.2, -0.15) is 0 Å². The Hall–Kier alpha value is -2.53. The van der Waals surface area contributed by atoms with Crippen LogP contribution in [0.1, 0.15) is 0 Å². The zero-order valence-electron chi connectivity index (χ0n) is 12.8. The van der Waals surface area contributed by atoms with Crippen LogP contribution in [0.25, 0.3) is 22.3 Å². The maximum atomic E-state index is 4.74. The van der Waals surface area contributed by atoms with Crippen molar-refractivity contribution < 1.29 is 0 Å². The smallest absolute Gasteiger partial charge is 0.136 e. The number of fused-ring (bicyclic) bond motifs is 1. The average Bonchev–Trinajstić information content (AvgIpc) is 2.55. The highest BCUT2D eigenvalue weighted by Crippen LogP contribution is 2.25. The lowest BCUT2D eigenvalue weighted by molar-refractivity contribution is 0.425. The number of hydrogen-bond acceptors (Lipinski definition) is 5. The highest BCUT2D eigenvalue weighted by Gasteiger charge is 2.08. The molecule has 0 aliphatic rings. The van der Waals surface area contributed by atoms with E-state index in [9.17, 15) is 0 Å². The summed E-state index contributed by atoms with van der Waals surface area (Å²) in [7, 11) is 4.11. The Labute approximate surface area is 130 Å². The third-order valence-electron chi connectivity index (χ3n) is 3.38. The summed E-state index contributed by atoms with van der Waals surface area (Å²) in [6.45, 7) is 1.77. The van der Waals surface area contributed by atoms with Gasteiger partial charge in [0.25, 0.3) is 0 Å². The maximum Gasteiger partial charge on any atom is 0.136 e. The second kappa shape index (κ2) is 6.49. The van der Waals surface area contributed by atoms with Crippen LogP contribution in [-0.4, -0.2) is 47.0 Å². The summed E-state index contributed by atoms with van der Waals surface area (Å²) in [6.07, 6.45) is 3.58. The fourth-order valence-electron chi connectivity index (χ4n) is 2.25. The van der Waals surface area contributed by atoms with Crippen LogP contribution in [0.4, 0.5) is 5.82 Å². The highest BCUT2D eigenvalue weighted by atomic mass is 15.1. The molecule has 0 amide bonds. The summed E-state index contributed by atoms with van der Waals surface area (Å²) in [5, 5.41) is 4.44. The fraction of sp³-hybridized carbons (Fsp3) is 0.235. The minimum atomic E-state index is 0.829. The van der Waals surface area contributed by atoms with Gasteiger partial charge < -0.3 is 10.2 Å². The predicted molar refractivity (Wildman–Crippen MR) is 89.8 cm³/mol. The molecular weight excluding hydrogens is 274 g/mol. The second-order valence-corrected chi connectivity index (χ2v) is 5.37. The van der Waals surface area contributed by atoms with Crippen LogP contribution in [0.3, 0.4) is 0 Å². The molecule has 3 rings (SSSR count). The van der Waals surface area contributed by atoms with Gasteiger partial charge in [0.05, 0.1) is 16.9 Å². The zero-order valence-corrected chi connectivity index (χ0v) is 12.8. The molecule has 0 aliphatic carbocycles. The van der Waals surface area contributed by atoms with Gasteiger partial charge in [0.1, 0.15) is 5.82 Å². The standard InChI is InChI=1S/C17H19N5/c1-22(2)11-10-20-17-13-6-5-9-19-15(13)12-16(21-17)14-7-3-4-8-18-14/h3-9,12H,10-11H2,1-2H3,(H,20,21). The molecule has 0 saturated heterocycles. The molecule has 0 aliphatic heterocycles. The monoisotopic (exact) mass is 293 g/mol. The van der Waals surface area contributed by atoms with Crippen LogP contribution in [0.2, 0.25) is 0 Å². The van der Waals surface area contributed by atoms with Gasteiger partial charge in [-0.25, -0.2) is 4.98 Å². The third-order valence-corrected chi connectivity index (χ3v) is 3.38.